The van der Waals surface area contributed by atoms with Crippen molar-refractivity contribution in [2.24, 2.45) is 5.73 Å². The number of halogens is 1. The van der Waals surface area contributed by atoms with Gasteiger partial charge in [-0.05, 0) is 36.4 Å². The molecule has 1 heterocycles. The molecule has 2 aromatic carbocycles. The zero-order chi connectivity index (χ0) is 17.2. The van der Waals surface area contributed by atoms with Crippen LogP contribution in [0.1, 0.15) is 0 Å². The summed E-state index contributed by atoms with van der Waals surface area (Å²) < 4.78 is 33.0. The van der Waals surface area contributed by atoms with Gasteiger partial charge in [-0.3, -0.25) is 5.32 Å². The largest absolute Gasteiger partial charge is 0.473 e. The van der Waals surface area contributed by atoms with Crippen molar-refractivity contribution < 1.29 is 13.2 Å². The Bertz CT molecular complexity index is 784. The lowest BCUT2D eigenvalue weighted by atomic mass is 10.3. The van der Waals surface area contributed by atoms with Crippen molar-refractivity contribution >= 4 is 21.6 Å². The number of piperazine rings is 1. The highest BCUT2D eigenvalue weighted by Crippen LogP contribution is 2.23. The van der Waals surface area contributed by atoms with E-state index in [9.17, 15) is 8.42 Å². The van der Waals surface area contributed by atoms with Crippen molar-refractivity contribution in [3.8, 4) is 5.75 Å². The van der Waals surface area contributed by atoms with Gasteiger partial charge in [-0.25, -0.2) is 8.42 Å². The molecule has 8 heteroatoms. The predicted molar refractivity (Wildman–Crippen MR) is 92.2 cm³/mol. The normalized spacial score (nSPS) is 22.2. The molecule has 6 nitrogen and oxygen atoms in total. The summed E-state index contributed by atoms with van der Waals surface area (Å²) in [5, 5.41) is 3.62. The van der Waals surface area contributed by atoms with Gasteiger partial charge in [0.05, 0.1) is 11.1 Å². The van der Waals surface area contributed by atoms with E-state index >= 15 is 0 Å². The molecule has 0 bridgehead atoms. The first-order valence-electron chi connectivity index (χ1n) is 7.45. The van der Waals surface area contributed by atoms with Crippen LogP contribution in [0.15, 0.2) is 59.5 Å². The van der Waals surface area contributed by atoms with Crippen LogP contribution in [0.25, 0.3) is 0 Å². The van der Waals surface area contributed by atoms with Crippen LogP contribution < -0.4 is 15.8 Å². The van der Waals surface area contributed by atoms with Crippen molar-refractivity contribution in [1.29, 1.82) is 0 Å². The second-order valence-corrected chi connectivity index (χ2v) is 7.76. The number of nitrogens with two attached hydrogens (primary N) is 1. The molecule has 1 saturated heterocycles. The Kier molecular flexibility index (Phi) is 5.07. The van der Waals surface area contributed by atoms with Crippen LogP contribution in [0.3, 0.4) is 0 Å². The maximum Gasteiger partial charge on any atom is 0.246 e. The summed E-state index contributed by atoms with van der Waals surface area (Å²) >= 11 is 5.86. The second kappa shape index (κ2) is 7.08. The molecule has 1 aliphatic heterocycles. The lowest BCUT2D eigenvalue weighted by molar-refractivity contribution is 0.0526. The Labute approximate surface area is 146 Å². The minimum Gasteiger partial charge on any atom is -0.473 e. The van der Waals surface area contributed by atoms with Crippen LogP contribution >= 0.6 is 11.6 Å². The molecular weight excluding hydrogens is 350 g/mol. The van der Waals surface area contributed by atoms with Gasteiger partial charge >= 0.3 is 0 Å². The third-order valence-corrected chi connectivity index (χ3v) is 5.81. The fraction of sp³-hybridized carbons (Fsp3) is 0.250. The van der Waals surface area contributed by atoms with Gasteiger partial charge in [0, 0.05) is 18.1 Å². The lowest BCUT2D eigenvalue weighted by Crippen LogP contribution is -2.62. The van der Waals surface area contributed by atoms with Crippen molar-refractivity contribution in [2.45, 2.75) is 17.3 Å². The smallest absolute Gasteiger partial charge is 0.246 e. The topological polar surface area (TPSA) is 84.7 Å². The van der Waals surface area contributed by atoms with E-state index in [1.54, 1.807) is 54.6 Å². The highest BCUT2D eigenvalue weighted by Gasteiger charge is 2.37. The highest BCUT2D eigenvalue weighted by atomic mass is 35.5. The Morgan fingerprint density at radius 3 is 2.46 bits per heavy atom. The minimum absolute atomic E-state index is 0.121. The molecule has 0 aliphatic carbocycles. The maximum atomic E-state index is 12.9. The average molecular weight is 368 g/mol. The number of benzene rings is 2. The molecule has 3 rings (SSSR count). The van der Waals surface area contributed by atoms with Gasteiger partial charge in [0.2, 0.25) is 10.0 Å². The van der Waals surface area contributed by atoms with Crippen LogP contribution in [0.5, 0.6) is 5.75 Å². The summed E-state index contributed by atoms with van der Waals surface area (Å²) in [5.41, 5.74) is 5.89. The second-order valence-electron chi connectivity index (χ2n) is 5.43. The molecule has 2 atom stereocenters. The van der Waals surface area contributed by atoms with Crippen molar-refractivity contribution in [2.75, 3.05) is 13.1 Å². The predicted octanol–water partition coefficient (Wildman–Crippen LogP) is 1.62. The van der Waals surface area contributed by atoms with E-state index in [2.05, 4.69) is 5.32 Å². The van der Waals surface area contributed by atoms with E-state index in [0.717, 1.165) is 0 Å². The third-order valence-electron chi connectivity index (χ3n) is 3.69. The summed E-state index contributed by atoms with van der Waals surface area (Å²) in [4.78, 5) is 0.212. The molecule has 128 valence electrons. The van der Waals surface area contributed by atoms with E-state index in [1.165, 1.54) is 4.31 Å². The summed E-state index contributed by atoms with van der Waals surface area (Å²) in [6.07, 6.45) is -1.15. The maximum absolute atomic E-state index is 12.9. The molecular formula is C16H18ClN3O3S. The van der Waals surface area contributed by atoms with Crippen LogP contribution in [-0.2, 0) is 10.0 Å². The molecule has 0 radical (unpaired) electrons. The Hall–Kier alpha value is -1.64. The van der Waals surface area contributed by atoms with Crippen molar-refractivity contribution in [3.05, 3.63) is 59.6 Å². The number of rotatable bonds is 4. The summed E-state index contributed by atoms with van der Waals surface area (Å²) in [7, 11) is -3.71. The van der Waals surface area contributed by atoms with E-state index in [0.29, 0.717) is 10.8 Å². The summed E-state index contributed by atoms with van der Waals surface area (Å²) in [6.45, 7) is 0.408. The molecule has 1 aliphatic rings. The first-order chi connectivity index (χ1) is 11.5. The number of sulfonamides is 1. The van der Waals surface area contributed by atoms with E-state index in [1.807, 2.05) is 0 Å². The molecule has 0 saturated carbocycles. The SMILES string of the molecule is NC1CN(S(=O)(=O)c2ccccc2)C(Oc2ccc(Cl)cc2)CN1. The third kappa shape index (κ3) is 3.71. The van der Waals surface area contributed by atoms with Gasteiger partial charge in [0.25, 0.3) is 0 Å². The van der Waals surface area contributed by atoms with Crippen LogP contribution in [0.4, 0.5) is 0 Å². The van der Waals surface area contributed by atoms with Crippen molar-refractivity contribution in [1.82, 2.24) is 9.62 Å². The summed E-state index contributed by atoms with van der Waals surface area (Å²) in [5.74, 6) is 0.537. The van der Waals surface area contributed by atoms with Crippen LogP contribution in [0, 0.1) is 0 Å². The number of nitrogens with zero attached hydrogens (tertiary/aromatic N) is 1. The molecule has 0 amide bonds. The van der Waals surface area contributed by atoms with E-state index < -0.39 is 22.4 Å². The standard InChI is InChI=1S/C16H18ClN3O3S/c17-12-6-8-13(9-7-12)23-16-10-19-15(18)11-20(16)24(21,22)14-4-2-1-3-5-14/h1-9,15-16,19H,10-11,18H2. The van der Waals surface area contributed by atoms with Gasteiger partial charge in [-0.2, -0.15) is 4.31 Å². The fourth-order valence-corrected chi connectivity index (χ4v) is 4.16. The van der Waals surface area contributed by atoms with E-state index in [4.69, 9.17) is 22.1 Å². The molecule has 1 fully saturated rings. The van der Waals surface area contributed by atoms with E-state index in [-0.39, 0.29) is 18.0 Å². The molecule has 2 aromatic rings. The van der Waals surface area contributed by atoms with Crippen molar-refractivity contribution in [3.63, 3.8) is 0 Å². The van der Waals surface area contributed by atoms with Gasteiger partial charge in [-0.15, -0.1) is 0 Å². The van der Waals surface area contributed by atoms with Gasteiger partial charge < -0.3 is 10.5 Å². The Balaban J connectivity index is 1.88. The molecule has 2 unspecified atom stereocenters. The zero-order valence-electron chi connectivity index (χ0n) is 12.8. The number of nitrogens with one attached hydrogen (secondary N) is 1. The minimum atomic E-state index is -3.71. The molecule has 0 aromatic heterocycles. The van der Waals surface area contributed by atoms with Crippen LogP contribution in [-0.4, -0.2) is 38.2 Å². The number of ether oxygens (including phenoxy) is 1. The Morgan fingerprint density at radius 2 is 1.79 bits per heavy atom. The number of hydrogen-bond acceptors (Lipinski definition) is 5. The molecule has 3 N–H and O–H groups in total. The lowest BCUT2D eigenvalue weighted by Gasteiger charge is -2.37. The van der Waals surface area contributed by atoms with Crippen LogP contribution in [0.2, 0.25) is 5.02 Å². The quantitative estimate of drug-likeness (QED) is 0.857. The first-order valence-corrected chi connectivity index (χ1v) is 9.27. The highest BCUT2D eigenvalue weighted by molar-refractivity contribution is 7.89. The first kappa shape index (κ1) is 17.2. The zero-order valence-corrected chi connectivity index (χ0v) is 14.4. The molecule has 0 spiro atoms. The fourth-order valence-electron chi connectivity index (χ4n) is 2.48. The Morgan fingerprint density at radius 1 is 1.12 bits per heavy atom. The average Bonchev–Trinajstić information content (AvgIpc) is 2.59. The van der Waals surface area contributed by atoms with Gasteiger partial charge in [0.1, 0.15) is 5.75 Å². The number of hydrogen-bond donors (Lipinski definition) is 2. The monoisotopic (exact) mass is 367 g/mol. The van der Waals surface area contributed by atoms with Gasteiger partial charge in [0.15, 0.2) is 6.23 Å². The summed E-state index contributed by atoms with van der Waals surface area (Å²) in [6, 6.07) is 15.0. The molecule has 24 heavy (non-hydrogen) atoms. The van der Waals surface area contributed by atoms with Gasteiger partial charge in [-0.1, -0.05) is 29.8 Å².